The maximum absolute atomic E-state index is 5.96. The highest BCUT2D eigenvalue weighted by molar-refractivity contribution is 5.09. The second-order valence-corrected chi connectivity index (χ2v) is 6.00. The number of nitrogens with zero attached hydrogens (tertiary/aromatic N) is 1. The summed E-state index contributed by atoms with van der Waals surface area (Å²) in [4.78, 5) is 7.94. The number of rotatable bonds is 7. The molecule has 4 heteroatoms. The molecule has 0 aliphatic rings. The van der Waals surface area contributed by atoms with E-state index < -0.39 is 0 Å². The van der Waals surface area contributed by atoms with Crippen LogP contribution in [0.1, 0.15) is 65.9 Å². The Balaban J connectivity index is 2.81. The number of H-pyrrole nitrogens is 1. The minimum absolute atomic E-state index is 0.109. The Hall–Kier alpha value is -0.870. The van der Waals surface area contributed by atoms with Gasteiger partial charge in [-0.15, -0.1) is 0 Å². The molecule has 1 aromatic heterocycles. The average molecular weight is 267 g/mol. The van der Waals surface area contributed by atoms with Crippen LogP contribution in [0.15, 0.2) is 6.20 Å². The van der Waals surface area contributed by atoms with Crippen molar-refractivity contribution in [2.75, 3.05) is 6.61 Å². The fourth-order valence-electron chi connectivity index (χ4n) is 2.17. The molecule has 0 saturated carbocycles. The Kier molecular flexibility index (Phi) is 5.56. The Morgan fingerprint density at radius 1 is 1.21 bits per heavy atom. The topological polar surface area (TPSA) is 49.9 Å². The monoisotopic (exact) mass is 267 g/mol. The summed E-state index contributed by atoms with van der Waals surface area (Å²) >= 11 is 0. The van der Waals surface area contributed by atoms with E-state index in [2.05, 4.69) is 49.9 Å². The summed E-state index contributed by atoms with van der Waals surface area (Å²) in [5.74, 6) is 0.949. The number of hydrogen-bond donors (Lipinski definition) is 2. The molecule has 2 N–H and O–H groups in total. The summed E-state index contributed by atoms with van der Waals surface area (Å²) in [6.45, 7) is 14.3. The number of hydrogen-bond acceptors (Lipinski definition) is 3. The molecule has 0 radical (unpaired) electrons. The third-order valence-electron chi connectivity index (χ3n) is 3.43. The van der Waals surface area contributed by atoms with Crippen LogP contribution in [-0.2, 0) is 16.9 Å². The van der Waals surface area contributed by atoms with Gasteiger partial charge in [0.2, 0.25) is 0 Å². The summed E-state index contributed by atoms with van der Waals surface area (Å²) in [7, 11) is 0. The molecule has 19 heavy (non-hydrogen) atoms. The molecule has 0 unspecified atom stereocenters. The van der Waals surface area contributed by atoms with Crippen molar-refractivity contribution in [3.8, 4) is 0 Å². The van der Waals surface area contributed by atoms with E-state index in [0.29, 0.717) is 6.61 Å². The van der Waals surface area contributed by atoms with E-state index in [9.17, 15) is 0 Å². The second kappa shape index (κ2) is 6.53. The van der Waals surface area contributed by atoms with Crippen molar-refractivity contribution in [2.45, 2.75) is 72.1 Å². The third-order valence-corrected chi connectivity index (χ3v) is 3.43. The van der Waals surface area contributed by atoms with Crippen molar-refractivity contribution >= 4 is 0 Å². The van der Waals surface area contributed by atoms with Gasteiger partial charge in [0.05, 0.1) is 0 Å². The van der Waals surface area contributed by atoms with Crippen molar-refractivity contribution < 1.29 is 4.74 Å². The summed E-state index contributed by atoms with van der Waals surface area (Å²) in [6, 6.07) is 0. The Morgan fingerprint density at radius 2 is 1.84 bits per heavy atom. The molecule has 4 nitrogen and oxygen atoms in total. The highest BCUT2D eigenvalue weighted by atomic mass is 16.5. The van der Waals surface area contributed by atoms with Gasteiger partial charge >= 0.3 is 0 Å². The van der Waals surface area contributed by atoms with Gasteiger partial charge in [0.1, 0.15) is 11.4 Å². The lowest BCUT2D eigenvalue weighted by atomic mass is 9.96. The first-order chi connectivity index (χ1) is 8.87. The molecular formula is C15H29N3O. The summed E-state index contributed by atoms with van der Waals surface area (Å²) < 4.78 is 5.96. The van der Waals surface area contributed by atoms with Crippen molar-refractivity contribution in [3.63, 3.8) is 0 Å². The van der Waals surface area contributed by atoms with Crippen molar-refractivity contribution in [1.82, 2.24) is 15.3 Å². The van der Waals surface area contributed by atoms with Gasteiger partial charge in [-0.25, -0.2) is 4.98 Å². The van der Waals surface area contributed by atoms with E-state index in [0.717, 1.165) is 30.9 Å². The molecule has 0 fully saturated rings. The molecule has 0 atom stereocenters. The van der Waals surface area contributed by atoms with Crippen molar-refractivity contribution in [1.29, 1.82) is 0 Å². The average Bonchev–Trinajstić information content (AvgIpc) is 2.82. The Bertz CT molecular complexity index is 375. The Morgan fingerprint density at radius 3 is 2.32 bits per heavy atom. The van der Waals surface area contributed by atoms with Gasteiger partial charge in [0.25, 0.3) is 0 Å². The van der Waals surface area contributed by atoms with Crippen LogP contribution in [-0.4, -0.2) is 22.1 Å². The van der Waals surface area contributed by atoms with Gasteiger partial charge in [-0.1, -0.05) is 13.8 Å². The lowest BCUT2D eigenvalue weighted by Gasteiger charge is -2.29. The summed E-state index contributed by atoms with van der Waals surface area (Å²) in [5.41, 5.74) is 0.947. The fraction of sp³-hybridized carbons (Fsp3) is 0.800. The number of aromatic nitrogens is 2. The number of imidazole rings is 1. The van der Waals surface area contributed by atoms with Gasteiger partial charge in [0, 0.05) is 30.6 Å². The minimum atomic E-state index is -0.269. The van der Waals surface area contributed by atoms with E-state index in [1.165, 1.54) is 0 Å². The van der Waals surface area contributed by atoms with E-state index in [4.69, 9.17) is 4.74 Å². The number of nitrogens with one attached hydrogen (secondary N) is 2. The molecule has 0 saturated heterocycles. The number of aromatic amines is 1. The van der Waals surface area contributed by atoms with Crippen LogP contribution in [0, 0.1) is 0 Å². The van der Waals surface area contributed by atoms with Gasteiger partial charge in [-0.3, -0.25) is 0 Å². The smallest absolute Gasteiger partial charge is 0.138 e. The van der Waals surface area contributed by atoms with Crippen LogP contribution in [0.4, 0.5) is 0 Å². The Labute approximate surface area is 117 Å². The van der Waals surface area contributed by atoms with Gasteiger partial charge < -0.3 is 15.0 Å². The molecule has 1 heterocycles. The van der Waals surface area contributed by atoms with E-state index >= 15 is 0 Å². The molecule has 110 valence electrons. The van der Waals surface area contributed by atoms with Crippen LogP contribution in [0.25, 0.3) is 0 Å². The minimum Gasteiger partial charge on any atom is -0.367 e. The molecule has 0 aliphatic carbocycles. The van der Waals surface area contributed by atoms with Crippen molar-refractivity contribution in [2.24, 2.45) is 0 Å². The van der Waals surface area contributed by atoms with Gasteiger partial charge in [-0.05, 0) is 40.5 Å². The SMILES string of the molecule is CCOC(CC)(CC)c1ncc(CNC(C)(C)C)[nH]1. The quantitative estimate of drug-likeness (QED) is 0.796. The predicted molar refractivity (Wildman–Crippen MR) is 79.1 cm³/mol. The first-order valence-corrected chi connectivity index (χ1v) is 7.30. The van der Waals surface area contributed by atoms with Crippen LogP contribution in [0.3, 0.4) is 0 Å². The number of ether oxygens (including phenoxy) is 1. The summed E-state index contributed by atoms with van der Waals surface area (Å²) in [5, 5.41) is 3.46. The molecule has 0 spiro atoms. The first-order valence-electron chi connectivity index (χ1n) is 7.30. The molecule has 0 aromatic carbocycles. The molecular weight excluding hydrogens is 238 g/mol. The third kappa shape index (κ3) is 4.32. The zero-order valence-electron chi connectivity index (χ0n) is 13.3. The molecule has 0 amide bonds. The van der Waals surface area contributed by atoms with Crippen LogP contribution < -0.4 is 5.32 Å². The molecule has 0 aliphatic heterocycles. The second-order valence-electron chi connectivity index (χ2n) is 6.00. The largest absolute Gasteiger partial charge is 0.367 e. The van der Waals surface area contributed by atoms with E-state index in [-0.39, 0.29) is 11.1 Å². The highest BCUT2D eigenvalue weighted by Crippen LogP contribution is 2.30. The standard InChI is InChI=1S/C15H29N3O/c1-7-15(8-2,19-9-3)13-16-10-12(18-13)11-17-14(4,5)6/h10,17H,7-9,11H2,1-6H3,(H,16,18). The zero-order chi connectivity index (χ0) is 14.5. The molecule has 1 rings (SSSR count). The molecule has 0 bridgehead atoms. The van der Waals surface area contributed by atoms with Crippen molar-refractivity contribution in [3.05, 3.63) is 17.7 Å². The van der Waals surface area contributed by atoms with Crippen LogP contribution >= 0.6 is 0 Å². The zero-order valence-corrected chi connectivity index (χ0v) is 13.3. The summed E-state index contributed by atoms with van der Waals surface area (Å²) in [6.07, 6.45) is 3.77. The lowest BCUT2D eigenvalue weighted by molar-refractivity contribution is -0.0566. The normalized spacial score (nSPS) is 12.9. The predicted octanol–water partition coefficient (Wildman–Crippen LogP) is 3.35. The maximum Gasteiger partial charge on any atom is 0.138 e. The maximum atomic E-state index is 5.96. The highest BCUT2D eigenvalue weighted by Gasteiger charge is 2.32. The van der Waals surface area contributed by atoms with E-state index in [1.54, 1.807) is 0 Å². The van der Waals surface area contributed by atoms with Crippen LogP contribution in [0.5, 0.6) is 0 Å². The van der Waals surface area contributed by atoms with Crippen LogP contribution in [0.2, 0.25) is 0 Å². The lowest BCUT2D eigenvalue weighted by Crippen LogP contribution is -2.35. The van der Waals surface area contributed by atoms with Gasteiger partial charge in [0.15, 0.2) is 0 Å². The molecule has 1 aromatic rings. The van der Waals surface area contributed by atoms with E-state index in [1.807, 2.05) is 13.1 Å². The van der Waals surface area contributed by atoms with Gasteiger partial charge in [-0.2, -0.15) is 0 Å². The first kappa shape index (κ1) is 16.2. The fourth-order valence-corrected chi connectivity index (χ4v) is 2.17.